The molecule has 0 atom stereocenters. The Labute approximate surface area is 109 Å². The highest BCUT2D eigenvalue weighted by molar-refractivity contribution is 7.15. The van der Waals surface area contributed by atoms with Gasteiger partial charge < -0.3 is 14.1 Å². The lowest BCUT2D eigenvalue weighted by atomic mass is 10.4. The van der Waals surface area contributed by atoms with Crippen molar-refractivity contribution in [2.24, 2.45) is 0 Å². The summed E-state index contributed by atoms with van der Waals surface area (Å²) in [4.78, 5) is 18.5. The minimum Gasteiger partial charge on any atom is -0.467 e. The fraction of sp³-hybridized carbons (Fsp3) is 0.333. The molecule has 0 aliphatic rings. The molecule has 0 fully saturated rings. The van der Waals surface area contributed by atoms with E-state index < -0.39 is 5.97 Å². The summed E-state index contributed by atoms with van der Waals surface area (Å²) in [6.07, 6.45) is 1.64. The van der Waals surface area contributed by atoms with Gasteiger partial charge in [-0.25, -0.2) is 9.78 Å². The largest absolute Gasteiger partial charge is 0.467 e. The number of esters is 1. The van der Waals surface area contributed by atoms with Gasteiger partial charge in [0.05, 0.1) is 19.9 Å². The van der Waals surface area contributed by atoms with E-state index >= 15 is 0 Å². The van der Waals surface area contributed by atoms with Gasteiger partial charge in [0.1, 0.15) is 5.76 Å². The molecule has 0 bridgehead atoms. The zero-order valence-electron chi connectivity index (χ0n) is 10.5. The third-order valence-electron chi connectivity index (χ3n) is 2.46. The number of thiazole rings is 1. The minimum absolute atomic E-state index is 0.379. The number of aryl methyl sites for hydroxylation is 1. The molecule has 2 rings (SSSR count). The number of ether oxygens (including phenoxy) is 1. The Balaban J connectivity index is 2.16. The van der Waals surface area contributed by atoms with Gasteiger partial charge in [-0.15, -0.1) is 11.3 Å². The molecule has 5 nitrogen and oxygen atoms in total. The van der Waals surface area contributed by atoms with Crippen molar-refractivity contribution in [3.05, 3.63) is 34.7 Å². The smallest absolute Gasteiger partial charge is 0.357 e. The van der Waals surface area contributed by atoms with E-state index in [9.17, 15) is 4.79 Å². The van der Waals surface area contributed by atoms with E-state index in [1.54, 1.807) is 6.26 Å². The van der Waals surface area contributed by atoms with Crippen LogP contribution in [-0.2, 0) is 11.3 Å². The van der Waals surface area contributed by atoms with Gasteiger partial charge >= 0.3 is 5.97 Å². The van der Waals surface area contributed by atoms with Gasteiger partial charge in [0.15, 0.2) is 10.8 Å². The van der Waals surface area contributed by atoms with E-state index in [1.165, 1.54) is 18.4 Å². The van der Waals surface area contributed by atoms with Crippen molar-refractivity contribution in [3.63, 3.8) is 0 Å². The van der Waals surface area contributed by atoms with Crippen molar-refractivity contribution in [3.8, 4) is 0 Å². The number of hydrogen-bond donors (Lipinski definition) is 0. The molecule has 2 aromatic heterocycles. The lowest BCUT2D eigenvalue weighted by Gasteiger charge is -2.13. The summed E-state index contributed by atoms with van der Waals surface area (Å²) in [5.74, 6) is 0.450. The van der Waals surface area contributed by atoms with Gasteiger partial charge in [0.25, 0.3) is 0 Å². The Bertz CT molecular complexity index is 534. The number of hydrogen-bond acceptors (Lipinski definition) is 6. The standard InChI is InChI=1S/C12H14N2O3S/c1-8-10(11(15)16-3)13-12(18-8)14(2)7-9-5-4-6-17-9/h4-6H,7H2,1-3H3. The van der Waals surface area contributed by atoms with Gasteiger partial charge in [-0.1, -0.05) is 0 Å². The van der Waals surface area contributed by atoms with Crippen LogP contribution in [0.3, 0.4) is 0 Å². The average Bonchev–Trinajstić information content (AvgIpc) is 2.97. The molecule has 0 radical (unpaired) electrons. The Morgan fingerprint density at radius 3 is 3.00 bits per heavy atom. The van der Waals surface area contributed by atoms with Crippen molar-refractivity contribution >= 4 is 22.4 Å². The van der Waals surface area contributed by atoms with Crippen LogP contribution in [0.2, 0.25) is 0 Å². The summed E-state index contributed by atoms with van der Waals surface area (Å²) < 4.78 is 9.96. The van der Waals surface area contributed by atoms with Crippen LogP contribution < -0.4 is 4.90 Å². The van der Waals surface area contributed by atoms with Crippen LogP contribution in [-0.4, -0.2) is 25.1 Å². The van der Waals surface area contributed by atoms with Crippen molar-refractivity contribution < 1.29 is 13.9 Å². The van der Waals surface area contributed by atoms with Gasteiger partial charge in [-0.3, -0.25) is 0 Å². The lowest BCUT2D eigenvalue weighted by molar-refractivity contribution is 0.0594. The maximum atomic E-state index is 11.5. The van der Waals surface area contributed by atoms with Gasteiger partial charge in [-0.2, -0.15) is 0 Å². The number of anilines is 1. The predicted octanol–water partition coefficient (Wildman–Crippen LogP) is 2.47. The zero-order chi connectivity index (χ0) is 13.1. The quantitative estimate of drug-likeness (QED) is 0.796. The predicted molar refractivity (Wildman–Crippen MR) is 69.0 cm³/mol. The molecule has 6 heteroatoms. The highest BCUT2D eigenvalue weighted by atomic mass is 32.1. The number of methoxy groups -OCH3 is 1. The highest BCUT2D eigenvalue weighted by Gasteiger charge is 2.18. The SMILES string of the molecule is COC(=O)c1nc(N(C)Cc2ccco2)sc1C. The molecule has 0 saturated heterocycles. The molecule has 2 aromatic rings. The van der Waals surface area contributed by atoms with Crippen molar-refractivity contribution in [2.75, 3.05) is 19.1 Å². The third-order valence-corrected chi connectivity index (χ3v) is 3.55. The lowest BCUT2D eigenvalue weighted by Crippen LogP contribution is -2.16. The molecule has 0 aliphatic carbocycles. The number of furan rings is 1. The molecule has 0 unspecified atom stereocenters. The third kappa shape index (κ3) is 2.53. The van der Waals surface area contributed by atoms with Crippen LogP contribution in [0, 0.1) is 6.92 Å². The number of carbonyl (C=O) groups is 1. The number of rotatable bonds is 4. The van der Waals surface area contributed by atoms with E-state index in [4.69, 9.17) is 4.42 Å². The number of aromatic nitrogens is 1. The van der Waals surface area contributed by atoms with Crippen molar-refractivity contribution in [1.29, 1.82) is 0 Å². The van der Waals surface area contributed by atoms with E-state index in [2.05, 4.69) is 9.72 Å². The fourth-order valence-corrected chi connectivity index (χ4v) is 2.39. The van der Waals surface area contributed by atoms with E-state index in [-0.39, 0.29) is 0 Å². The Morgan fingerprint density at radius 2 is 2.39 bits per heavy atom. The summed E-state index contributed by atoms with van der Waals surface area (Å²) in [5.41, 5.74) is 0.379. The Morgan fingerprint density at radius 1 is 1.61 bits per heavy atom. The van der Waals surface area contributed by atoms with Gasteiger partial charge in [0, 0.05) is 11.9 Å². The summed E-state index contributed by atoms with van der Waals surface area (Å²) in [7, 11) is 3.26. The molecule has 2 heterocycles. The van der Waals surface area contributed by atoms with E-state index in [1.807, 2.05) is 31.0 Å². The zero-order valence-corrected chi connectivity index (χ0v) is 11.3. The monoisotopic (exact) mass is 266 g/mol. The second-order valence-corrected chi connectivity index (χ2v) is 5.01. The van der Waals surface area contributed by atoms with Crippen LogP contribution in [0.5, 0.6) is 0 Å². The number of carbonyl (C=O) groups excluding carboxylic acids is 1. The first-order valence-electron chi connectivity index (χ1n) is 5.41. The average molecular weight is 266 g/mol. The summed E-state index contributed by atoms with van der Waals surface area (Å²) >= 11 is 1.46. The molecule has 0 saturated carbocycles. The summed E-state index contributed by atoms with van der Waals surface area (Å²) in [6.45, 7) is 2.47. The first-order chi connectivity index (χ1) is 8.61. The minimum atomic E-state index is -0.401. The summed E-state index contributed by atoms with van der Waals surface area (Å²) in [5, 5.41) is 0.768. The fourth-order valence-electron chi connectivity index (χ4n) is 1.54. The maximum Gasteiger partial charge on any atom is 0.357 e. The van der Waals surface area contributed by atoms with Crippen LogP contribution in [0.15, 0.2) is 22.8 Å². The van der Waals surface area contributed by atoms with E-state index in [0.29, 0.717) is 12.2 Å². The highest BCUT2D eigenvalue weighted by Crippen LogP contribution is 2.26. The normalized spacial score (nSPS) is 10.4. The van der Waals surface area contributed by atoms with Gasteiger partial charge in [0.2, 0.25) is 0 Å². The number of nitrogens with zero attached hydrogens (tertiary/aromatic N) is 2. The van der Waals surface area contributed by atoms with Crippen LogP contribution in [0.1, 0.15) is 21.1 Å². The second kappa shape index (κ2) is 5.22. The molecule has 0 aromatic carbocycles. The molecular formula is C12H14N2O3S. The van der Waals surface area contributed by atoms with Crippen molar-refractivity contribution in [1.82, 2.24) is 4.98 Å². The van der Waals surface area contributed by atoms with E-state index in [0.717, 1.165) is 15.8 Å². The topological polar surface area (TPSA) is 55.6 Å². The van der Waals surface area contributed by atoms with Crippen molar-refractivity contribution in [2.45, 2.75) is 13.5 Å². The molecule has 0 aliphatic heterocycles. The second-order valence-electron chi connectivity index (χ2n) is 3.83. The Hall–Kier alpha value is -1.82. The molecule has 0 N–H and O–H groups in total. The van der Waals surface area contributed by atoms with Crippen LogP contribution >= 0.6 is 11.3 Å². The molecule has 96 valence electrons. The Kier molecular flexibility index (Phi) is 3.66. The molecule has 0 spiro atoms. The van der Waals surface area contributed by atoms with Gasteiger partial charge in [-0.05, 0) is 19.1 Å². The molecule has 0 amide bonds. The summed E-state index contributed by atoms with van der Waals surface area (Å²) in [6, 6.07) is 3.74. The molecule has 18 heavy (non-hydrogen) atoms. The molecular weight excluding hydrogens is 252 g/mol. The van der Waals surface area contributed by atoms with Crippen LogP contribution in [0.4, 0.5) is 5.13 Å². The first kappa shape index (κ1) is 12.6. The maximum absolute atomic E-state index is 11.5. The first-order valence-corrected chi connectivity index (χ1v) is 6.22. The van der Waals surface area contributed by atoms with Crippen LogP contribution in [0.25, 0.3) is 0 Å².